The maximum absolute atomic E-state index is 10.7. The fourth-order valence-corrected chi connectivity index (χ4v) is 1.59. The number of hydrogen-bond acceptors (Lipinski definition) is 5. The number of rotatable bonds is 6. The Morgan fingerprint density at radius 1 is 1.58 bits per heavy atom. The van der Waals surface area contributed by atoms with E-state index < -0.39 is 5.97 Å². The van der Waals surface area contributed by atoms with E-state index in [0.717, 1.165) is 19.2 Å². The van der Waals surface area contributed by atoms with Crippen molar-refractivity contribution in [3.05, 3.63) is 22.4 Å². The van der Waals surface area contributed by atoms with E-state index in [1.807, 2.05) is 0 Å². The molecule has 0 aliphatic rings. The summed E-state index contributed by atoms with van der Waals surface area (Å²) in [4.78, 5) is 12.1. The molecule has 4 nitrogen and oxygen atoms in total. The lowest BCUT2D eigenvalue weighted by atomic mass is 10.1. The summed E-state index contributed by atoms with van der Waals surface area (Å²) in [6.45, 7) is 9.31. The molecule has 0 aliphatic carbocycles. The lowest BCUT2D eigenvalue weighted by Crippen LogP contribution is -2.13. The second-order valence-corrected chi connectivity index (χ2v) is 5.48. The Hall–Kier alpha value is -1.36. The zero-order valence-electron chi connectivity index (χ0n) is 12.2. The molecule has 1 aromatic rings. The van der Waals surface area contributed by atoms with Gasteiger partial charge in [-0.1, -0.05) is 19.9 Å². The van der Waals surface area contributed by atoms with Crippen LogP contribution in [-0.4, -0.2) is 25.3 Å². The minimum atomic E-state index is -0.403. The third kappa shape index (κ3) is 12.9. The van der Waals surface area contributed by atoms with E-state index in [1.165, 1.54) is 4.88 Å². The number of hydrazone groups is 1. The second kappa shape index (κ2) is 11.7. The van der Waals surface area contributed by atoms with Gasteiger partial charge in [-0.2, -0.15) is 5.10 Å². The van der Waals surface area contributed by atoms with E-state index in [-0.39, 0.29) is 0 Å². The lowest BCUT2D eigenvalue weighted by Gasteiger charge is -2.02. The summed E-state index contributed by atoms with van der Waals surface area (Å²) in [7, 11) is 0. The number of ether oxygens (including phenoxy) is 1. The quantitative estimate of drug-likeness (QED) is 0.378. The Morgan fingerprint density at radius 3 is 2.74 bits per heavy atom. The maximum atomic E-state index is 10.7. The molecule has 0 aliphatic heterocycles. The number of carbonyl (C=O) groups is 1. The summed E-state index contributed by atoms with van der Waals surface area (Å²) >= 11 is 1.78. The highest BCUT2D eigenvalue weighted by Crippen LogP contribution is 2.03. The van der Waals surface area contributed by atoms with Crippen molar-refractivity contribution >= 4 is 23.5 Å². The number of aryl methyl sites for hydroxylation is 1. The fraction of sp³-hybridized carbons (Fsp3) is 0.571. The van der Waals surface area contributed by atoms with Crippen molar-refractivity contribution in [3.8, 4) is 0 Å². The predicted molar refractivity (Wildman–Crippen MR) is 81.6 cm³/mol. The highest BCUT2D eigenvalue weighted by Gasteiger charge is 1.94. The van der Waals surface area contributed by atoms with Gasteiger partial charge in [0.05, 0.1) is 6.61 Å². The van der Waals surface area contributed by atoms with E-state index in [1.54, 1.807) is 18.3 Å². The monoisotopic (exact) mass is 284 g/mol. The molecule has 0 unspecified atom stereocenters. The molecule has 0 amide bonds. The molecule has 0 bridgehead atoms. The molecule has 0 saturated carbocycles. The van der Waals surface area contributed by atoms with Crippen LogP contribution in [0.5, 0.6) is 0 Å². The number of nitrogens with zero attached hydrogens (tertiary/aromatic N) is 1. The predicted octanol–water partition coefficient (Wildman–Crippen LogP) is 3.23. The van der Waals surface area contributed by atoms with Gasteiger partial charge >= 0.3 is 5.97 Å². The van der Waals surface area contributed by atoms with Crippen LogP contribution in [0.15, 0.2) is 22.6 Å². The Bertz CT molecular complexity index is 348. The summed E-state index contributed by atoms with van der Waals surface area (Å²) in [6, 6.07) is 4.16. The van der Waals surface area contributed by atoms with Crippen LogP contribution in [0.3, 0.4) is 0 Å². The largest absolute Gasteiger partial charge is 0.462 e. The van der Waals surface area contributed by atoms with Gasteiger partial charge in [0.1, 0.15) is 6.21 Å². The van der Waals surface area contributed by atoms with Crippen molar-refractivity contribution < 1.29 is 9.53 Å². The van der Waals surface area contributed by atoms with Gasteiger partial charge in [-0.25, -0.2) is 4.79 Å². The first-order valence-corrected chi connectivity index (χ1v) is 7.37. The van der Waals surface area contributed by atoms with Crippen LogP contribution < -0.4 is 5.43 Å². The molecule has 19 heavy (non-hydrogen) atoms. The van der Waals surface area contributed by atoms with Crippen molar-refractivity contribution in [3.63, 3.8) is 0 Å². The molecule has 1 rings (SSSR count). The smallest absolute Gasteiger partial charge is 0.351 e. The number of carbonyl (C=O) groups excluding carboxylic acids is 1. The Labute approximate surface area is 119 Å². The average Bonchev–Trinajstić information content (AvgIpc) is 2.80. The fourth-order valence-electron chi connectivity index (χ4n) is 1.06. The number of thiophene rings is 1. The third-order valence-electron chi connectivity index (χ3n) is 2.04. The van der Waals surface area contributed by atoms with E-state index in [2.05, 4.69) is 53.5 Å². The van der Waals surface area contributed by atoms with E-state index >= 15 is 0 Å². The summed E-state index contributed by atoms with van der Waals surface area (Å²) in [5, 5.41) is 5.79. The van der Waals surface area contributed by atoms with Gasteiger partial charge < -0.3 is 10.2 Å². The van der Waals surface area contributed by atoms with Crippen molar-refractivity contribution in [2.45, 2.75) is 34.1 Å². The van der Waals surface area contributed by atoms with E-state index in [9.17, 15) is 4.79 Å². The molecule has 1 aromatic heterocycles. The first-order chi connectivity index (χ1) is 9.06. The molecular formula is C14H24N2O2S. The molecule has 1 heterocycles. The highest BCUT2D eigenvalue weighted by atomic mass is 32.1. The second-order valence-electron chi connectivity index (χ2n) is 4.32. The van der Waals surface area contributed by atoms with Gasteiger partial charge in [-0.3, -0.25) is 0 Å². The van der Waals surface area contributed by atoms with Crippen LogP contribution in [0.25, 0.3) is 0 Å². The van der Waals surface area contributed by atoms with Gasteiger partial charge in [0.25, 0.3) is 0 Å². The average molecular weight is 284 g/mol. The minimum Gasteiger partial charge on any atom is -0.462 e. The number of esters is 1. The van der Waals surface area contributed by atoms with Crippen LogP contribution in [0, 0.1) is 12.8 Å². The molecule has 0 saturated heterocycles. The van der Waals surface area contributed by atoms with Crippen LogP contribution >= 0.6 is 11.3 Å². The Balaban J connectivity index is 0.000000443. The van der Waals surface area contributed by atoms with Gasteiger partial charge in [-0.15, -0.1) is 11.3 Å². The zero-order valence-corrected chi connectivity index (χ0v) is 13.0. The molecule has 0 atom stereocenters. The zero-order chi connectivity index (χ0) is 14.5. The summed E-state index contributed by atoms with van der Waals surface area (Å²) in [5.41, 5.74) is 2.77. The molecule has 5 heteroatoms. The van der Waals surface area contributed by atoms with Crippen molar-refractivity contribution in [1.82, 2.24) is 5.43 Å². The first kappa shape index (κ1) is 17.6. The lowest BCUT2D eigenvalue weighted by molar-refractivity contribution is -0.134. The van der Waals surface area contributed by atoms with Crippen LogP contribution in [0.4, 0.5) is 0 Å². The van der Waals surface area contributed by atoms with Gasteiger partial charge in [0, 0.05) is 11.4 Å². The van der Waals surface area contributed by atoms with Crippen LogP contribution in [-0.2, 0) is 9.53 Å². The standard InChI is InChI=1S/C9H18N2O2.C5H6S/c1-4-13-9(12)7-11-10-6-5-8(2)3;1-5-3-2-4-6-5/h7-8,10H,4-6H2,1-3H3;2-4H,1H3/b11-7-;. The van der Waals surface area contributed by atoms with Gasteiger partial charge in [-0.05, 0) is 37.6 Å². The van der Waals surface area contributed by atoms with Crippen molar-refractivity contribution in [1.29, 1.82) is 0 Å². The van der Waals surface area contributed by atoms with Crippen LogP contribution in [0.1, 0.15) is 32.1 Å². The Morgan fingerprint density at radius 2 is 2.32 bits per heavy atom. The Kier molecular flexibility index (Phi) is 10.9. The summed E-state index contributed by atoms with van der Waals surface area (Å²) < 4.78 is 4.64. The number of hydrogen-bond donors (Lipinski definition) is 1. The van der Waals surface area contributed by atoms with Crippen molar-refractivity contribution in [2.75, 3.05) is 13.2 Å². The maximum Gasteiger partial charge on any atom is 0.351 e. The third-order valence-corrected chi connectivity index (χ3v) is 2.85. The highest BCUT2D eigenvalue weighted by molar-refractivity contribution is 7.09. The minimum absolute atomic E-state index is 0.386. The molecular weight excluding hydrogens is 260 g/mol. The molecule has 0 aromatic carbocycles. The van der Waals surface area contributed by atoms with E-state index in [4.69, 9.17) is 0 Å². The first-order valence-electron chi connectivity index (χ1n) is 6.49. The molecule has 0 fully saturated rings. The molecule has 0 spiro atoms. The van der Waals surface area contributed by atoms with Crippen LogP contribution in [0.2, 0.25) is 0 Å². The van der Waals surface area contributed by atoms with Gasteiger partial charge in [0.15, 0.2) is 0 Å². The van der Waals surface area contributed by atoms with Gasteiger partial charge in [0.2, 0.25) is 0 Å². The summed E-state index contributed by atoms with van der Waals surface area (Å²) in [6.07, 6.45) is 2.20. The molecule has 0 radical (unpaired) electrons. The molecule has 108 valence electrons. The molecule has 1 N–H and O–H groups in total. The normalized spacial score (nSPS) is 10.2. The SMILES string of the molecule is CCOC(=O)/C=N\NCCC(C)C.Cc1cccs1. The van der Waals surface area contributed by atoms with E-state index in [0.29, 0.717) is 12.5 Å². The number of nitrogens with one attached hydrogen (secondary N) is 1. The van der Waals surface area contributed by atoms with Crippen molar-refractivity contribution in [2.24, 2.45) is 11.0 Å². The summed E-state index contributed by atoms with van der Waals surface area (Å²) in [5.74, 6) is 0.241. The topological polar surface area (TPSA) is 50.7 Å².